The Kier molecular flexibility index (Phi) is 3.92. The molecule has 1 saturated heterocycles. The number of rotatable bonds is 7. The van der Waals surface area contributed by atoms with Gasteiger partial charge in [0.05, 0.1) is 18.8 Å². The van der Waals surface area contributed by atoms with Gasteiger partial charge in [-0.1, -0.05) is 30.3 Å². The molecule has 0 unspecified atom stereocenters. The quantitative estimate of drug-likeness (QED) is 0.537. The third kappa shape index (κ3) is 3.38. The van der Waals surface area contributed by atoms with Crippen molar-refractivity contribution < 1.29 is 14.3 Å². The summed E-state index contributed by atoms with van der Waals surface area (Å²) in [6.07, 6.45) is 2.43. The Morgan fingerprint density at radius 2 is 2.18 bits per heavy atom. The van der Waals surface area contributed by atoms with Crippen molar-refractivity contribution in [2.24, 2.45) is 0 Å². The lowest BCUT2D eigenvalue weighted by molar-refractivity contribution is -0.108. The largest absolute Gasteiger partial charge is 0.374 e. The van der Waals surface area contributed by atoms with Crippen molar-refractivity contribution in [3.63, 3.8) is 0 Å². The summed E-state index contributed by atoms with van der Waals surface area (Å²) in [5, 5.41) is 0. The van der Waals surface area contributed by atoms with Crippen LogP contribution in [-0.2, 0) is 20.9 Å². The van der Waals surface area contributed by atoms with Gasteiger partial charge in [0.15, 0.2) is 0 Å². The molecule has 0 aliphatic carbocycles. The number of carbonyl (C=O) groups excluding carboxylic acids is 1. The molecule has 2 atom stereocenters. The zero-order chi connectivity index (χ0) is 12.1. The van der Waals surface area contributed by atoms with E-state index in [9.17, 15) is 4.79 Å². The molecular weight excluding hydrogens is 216 g/mol. The first-order chi connectivity index (χ1) is 8.24. The second-order valence-corrected chi connectivity index (χ2v) is 4.63. The number of ether oxygens (including phenoxy) is 2. The Morgan fingerprint density at radius 3 is 2.88 bits per heavy atom. The SMILES string of the molecule is C[C@]1(CCC=O)O[C@@H]1COCc1ccccc1. The van der Waals surface area contributed by atoms with E-state index in [2.05, 4.69) is 0 Å². The number of epoxide rings is 1. The molecule has 1 aliphatic heterocycles. The Bertz CT molecular complexity index is 363. The lowest BCUT2D eigenvalue weighted by Gasteiger charge is -2.04. The zero-order valence-electron chi connectivity index (χ0n) is 10.1. The molecule has 1 aromatic rings. The highest BCUT2D eigenvalue weighted by atomic mass is 16.6. The van der Waals surface area contributed by atoms with Gasteiger partial charge in [0.1, 0.15) is 12.4 Å². The highest BCUT2D eigenvalue weighted by Crippen LogP contribution is 2.40. The summed E-state index contributed by atoms with van der Waals surface area (Å²) in [5.41, 5.74) is 1.03. The minimum Gasteiger partial charge on any atom is -0.374 e. The van der Waals surface area contributed by atoms with Gasteiger partial charge in [-0.25, -0.2) is 0 Å². The molecule has 1 heterocycles. The summed E-state index contributed by atoms with van der Waals surface area (Å²) in [5.74, 6) is 0. The molecule has 3 heteroatoms. The Labute approximate surface area is 102 Å². The lowest BCUT2D eigenvalue weighted by atomic mass is 10.0. The summed E-state index contributed by atoms with van der Waals surface area (Å²) in [7, 11) is 0. The molecule has 0 radical (unpaired) electrons. The van der Waals surface area contributed by atoms with Crippen LogP contribution in [0.15, 0.2) is 30.3 Å². The number of aldehydes is 1. The van der Waals surface area contributed by atoms with E-state index >= 15 is 0 Å². The van der Waals surface area contributed by atoms with E-state index in [1.165, 1.54) is 5.56 Å². The highest BCUT2D eigenvalue weighted by Gasteiger charge is 2.51. The van der Waals surface area contributed by atoms with E-state index < -0.39 is 0 Å². The number of benzene rings is 1. The molecule has 0 saturated carbocycles. The molecule has 2 rings (SSSR count). The predicted molar refractivity (Wildman–Crippen MR) is 64.7 cm³/mol. The fourth-order valence-corrected chi connectivity index (χ4v) is 1.92. The van der Waals surface area contributed by atoms with Crippen molar-refractivity contribution in [3.8, 4) is 0 Å². The van der Waals surface area contributed by atoms with Crippen LogP contribution in [0.3, 0.4) is 0 Å². The van der Waals surface area contributed by atoms with E-state index in [0.29, 0.717) is 19.6 Å². The third-order valence-corrected chi connectivity index (χ3v) is 3.17. The topological polar surface area (TPSA) is 38.8 Å². The van der Waals surface area contributed by atoms with Crippen molar-refractivity contribution in [2.45, 2.75) is 38.1 Å². The third-order valence-electron chi connectivity index (χ3n) is 3.17. The monoisotopic (exact) mass is 234 g/mol. The molecule has 3 nitrogen and oxygen atoms in total. The van der Waals surface area contributed by atoms with Crippen molar-refractivity contribution in [1.82, 2.24) is 0 Å². The van der Waals surface area contributed by atoms with Gasteiger partial charge >= 0.3 is 0 Å². The summed E-state index contributed by atoms with van der Waals surface area (Å²) in [6, 6.07) is 10.1. The van der Waals surface area contributed by atoms with Crippen LogP contribution >= 0.6 is 0 Å². The average Bonchev–Trinajstić information content (AvgIpc) is 3.00. The van der Waals surface area contributed by atoms with E-state index in [0.717, 1.165) is 12.7 Å². The Morgan fingerprint density at radius 1 is 1.41 bits per heavy atom. The lowest BCUT2D eigenvalue weighted by Crippen LogP contribution is -2.14. The van der Waals surface area contributed by atoms with E-state index in [4.69, 9.17) is 9.47 Å². The summed E-state index contributed by atoms with van der Waals surface area (Å²) < 4.78 is 11.2. The molecule has 92 valence electrons. The summed E-state index contributed by atoms with van der Waals surface area (Å²) in [6.45, 7) is 3.25. The fourth-order valence-electron chi connectivity index (χ4n) is 1.92. The van der Waals surface area contributed by atoms with Crippen molar-refractivity contribution >= 4 is 6.29 Å². The molecule has 1 aliphatic rings. The molecule has 1 aromatic carbocycles. The molecule has 0 N–H and O–H groups in total. The number of carbonyl (C=O) groups is 1. The van der Waals surface area contributed by atoms with Gasteiger partial charge in [-0.3, -0.25) is 0 Å². The van der Waals surface area contributed by atoms with Crippen LogP contribution in [0.1, 0.15) is 25.3 Å². The number of hydrogen-bond acceptors (Lipinski definition) is 3. The zero-order valence-corrected chi connectivity index (χ0v) is 10.1. The van der Waals surface area contributed by atoms with Crippen LogP contribution < -0.4 is 0 Å². The minimum atomic E-state index is -0.141. The smallest absolute Gasteiger partial charge is 0.120 e. The molecule has 0 bridgehead atoms. The fraction of sp³-hybridized carbons (Fsp3) is 0.500. The Balaban J connectivity index is 1.66. The maximum Gasteiger partial charge on any atom is 0.120 e. The van der Waals surface area contributed by atoms with Gasteiger partial charge in [0.25, 0.3) is 0 Å². The summed E-state index contributed by atoms with van der Waals surface area (Å²) >= 11 is 0. The molecule has 0 aromatic heterocycles. The van der Waals surface area contributed by atoms with E-state index in [1.807, 2.05) is 37.3 Å². The van der Waals surface area contributed by atoms with E-state index in [1.54, 1.807) is 0 Å². The highest BCUT2D eigenvalue weighted by molar-refractivity contribution is 5.49. The first-order valence-electron chi connectivity index (χ1n) is 5.98. The van der Waals surface area contributed by atoms with Gasteiger partial charge in [-0.05, 0) is 18.9 Å². The number of hydrogen-bond donors (Lipinski definition) is 0. The molecule has 1 fully saturated rings. The average molecular weight is 234 g/mol. The van der Waals surface area contributed by atoms with Crippen LogP contribution in [0.2, 0.25) is 0 Å². The van der Waals surface area contributed by atoms with Crippen LogP contribution in [0, 0.1) is 0 Å². The molecular formula is C14H18O3. The minimum absolute atomic E-state index is 0.141. The van der Waals surface area contributed by atoms with Crippen molar-refractivity contribution in [3.05, 3.63) is 35.9 Å². The Hall–Kier alpha value is -1.19. The standard InChI is InChI=1S/C14H18O3/c1-14(8-5-9-15)13(17-14)11-16-10-12-6-3-2-4-7-12/h2-4,6-7,9,13H,5,8,10-11H2,1H3/t13-,14-/m1/s1. The van der Waals surface area contributed by atoms with Crippen LogP contribution in [0.25, 0.3) is 0 Å². The second kappa shape index (κ2) is 5.43. The predicted octanol–water partition coefficient (Wildman–Crippen LogP) is 2.34. The van der Waals surface area contributed by atoms with Crippen LogP contribution in [-0.4, -0.2) is 24.6 Å². The van der Waals surface area contributed by atoms with Gasteiger partial charge in [-0.2, -0.15) is 0 Å². The van der Waals surface area contributed by atoms with Crippen molar-refractivity contribution in [2.75, 3.05) is 6.61 Å². The first kappa shape index (κ1) is 12.3. The first-order valence-corrected chi connectivity index (χ1v) is 5.98. The van der Waals surface area contributed by atoms with E-state index in [-0.39, 0.29) is 11.7 Å². The van der Waals surface area contributed by atoms with Gasteiger partial charge in [0.2, 0.25) is 0 Å². The van der Waals surface area contributed by atoms with Gasteiger partial charge in [-0.15, -0.1) is 0 Å². The van der Waals surface area contributed by atoms with Crippen molar-refractivity contribution in [1.29, 1.82) is 0 Å². The summed E-state index contributed by atoms with van der Waals surface area (Å²) in [4.78, 5) is 10.3. The molecule has 0 spiro atoms. The normalized spacial score (nSPS) is 26.8. The molecule has 17 heavy (non-hydrogen) atoms. The second-order valence-electron chi connectivity index (χ2n) is 4.63. The maximum absolute atomic E-state index is 10.3. The maximum atomic E-state index is 10.3. The molecule has 0 amide bonds. The van der Waals surface area contributed by atoms with Crippen LogP contribution in [0.5, 0.6) is 0 Å². The van der Waals surface area contributed by atoms with Gasteiger partial charge in [0, 0.05) is 6.42 Å². The van der Waals surface area contributed by atoms with Gasteiger partial charge < -0.3 is 14.3 Å². The van der Waals surface area contributed by atoms with Crippen LogP contribution in [0.4, 0.5) is 0 Å².